The Labute approximate surface area is 86.9 Å². The van der Waals surface area contributed by atoms with E-state index >= 15 is 0 Å². The van der Waals surface area contributed by atoms with Gasteiger partial charge in [-0.05, 0) is 31.2 Å². The third kappa shape index (κ3) is 1.90. The normalized spacial score (nSPS) is 17.3. The molecule has 1 heterocycles. The number of hydrogen-bond acceptors (Lipinski definition) is 0. The van der Waals surface area contributed by atoms with Gasteiger partial charge in [-0.2, -0.15) is 13.2 Å². The molecule has 0 aliphatic heterocycles. The summed E-state index contributed by atoms with van der Waals surface area (Å²) >= 11 is 0. The highest BCUT2D eigenvalue weighted by molar-refractivity contribution is 5.35. The number of hydrogen-bond donors (Lipinski definition) is 0. The summed E-state index contributed by atoms with van der Waals surface area (Å²) in [4.78, 5) is 0. The first-order valence-electron chi connectivity index (χ1n) is 5.24. The standard InChI is InChI=1S/C11H14F3N/c1-15-7-9(11(12,13)14)8-5-3-2-4-6-10(8)15/h7H,2-6H2,1H3. The van der Waals surface area contributed by atoms with Gasteiger partial charge in [0.15, 0.2) is 0 Å². The van der Waals surface area contributed by atoms with E-state index in [4.69, 9.17) is 0 Å². The molecule has 0 radical (unpaired) electrons. The van der Waals surface area contributed by atoms with Crippen LogP contribution in [0.2, 0.25) is 0 Å². The Morgan fingerprint density at radius 1 is 1.13 bits per heavy atom. The highest BCUT2D eigenvalue weighted by Crippen LogP contribution is 2.36. The van der Waals surface area contributed by atoms with Crippen molar-refractivity contribution in [1.29, 1.82) is 0 Å². The number of aryl methyl sites for hydroxylation is 1. The zero-order chi connectivity index (χ0) is 11.1. The Balaban J connectivity index is 2.49. The van der Waals surface area contributed by atoms with Gasteiger partial charge in [0.05, 0.1) is 5.56 Å². The van der Waals surface area contributed by atoms with E-state index in [1.165, 1.54) is 6.20 Å². The van der Waals surface area contributed by atoms with Crippen LogP contribution in [-0.4, -0.2) is 4.57 Å². The van der Waals surface area contributed by atoms with Crippen molar-refractivity contribution in [2.45, 2.75) is 38.3 Å². The van der Waals surface area contributed by atoms with Crippen LogP contribution in [0.25, 0.3) is 0 Å². The van der Waals surface area contributed by atoms with Crippen molar-refractivity contribution in [3.63, 3.8) is 0 Å². The second kappa shape index (κ2) is 3.58. The summed E-state index contributed by atoms with van der Waals surface area (Å²) in [5, 5.41) is 0. The van der Waals surface area contributed by atoms with Crippen molar-refractivity contribution in [3.05, 3.63) is 23.0 Å². The van der Waals surface area contributed by atoms with Gasteiger partial charge in [-0.25, -0.2) is 0 Å². The van der Waals surface area contributed by atoms with Gasteiger partial charge in [0.1, 0.15) is 0 Å². The highest BCUT2D eigenvalue weighted by atomic mass is 19.4. The van der Waals surface area contributed by atoms with Crippen LogP contribution in [0.3, 0.4) is 0 Å². The van der Waals surface area contributed by atoms with Crippen LogP contribution in [0.1, 0.15) is 36.1 Å². The molecule has 0 aromatic carbocycles. The Hall–Kier alpha value is -0.930. The first-order chi connectivity index (χ1) is 7.00. The molecule has 84 valence electrons. The van der Waals surface area contributed by atoms with Crippen LogP contribution >= 0.6 is 0 Å². The lowest BCUT2D eigenvalue weighted by Gasteiger charge is -2.07. The number of fused-ring (bicyclic) bond motifs is 1. The summed E-state index contributed by atoms with van der Waals surface area (Å²) in [5.74, 6) is 0. The van der Waals surface area contributed by atoms with Crippen molar-refractivity contribution in [3.8, 4) is 0 Å². The molecule has 0 bridgehead atoms. The predicted octanol–water partition coefficient (Wildman–Crippen LogP) is 3.31. The number of halogens is 3. The minimum Gasteiger partial charge on any atom is -0.354 e. The van der Waals surface area contributed by atoms with Gasteiger partial charge in [0.25, 0.3) is 0 Å². The van der Waals surface area contributed by atoms with E-state index in [1.54, 1.807) is 11.6 Å². The SMILES string of the molecule is Cn1cc(C(F)(F)F)c2c1CCCCC2. The van der Waals surface area contributed by atoms with E-state index < -0.39 is 11.7 Å². The summed E-state index contributed by atoms with van der Waals surface area (Å²) < 4.78 is 39.8. The Morgan fingerprint density at radius 2 is 1.80 bits per heavy atom. The molecule has 0 amide bonds. The Morgan fingerprint density at radius 3 is 2.47 bits per heavy atom. The molecule has 4 heteroatoms. The van der Waals surface area contributed by atoms with Crippen molar-refractivity contribution in [2.75, 3.05) is 0 Å². The van der Waals surface area contributed by atoms with Crippen LogP contribution in [0.5, 0.6) is 0 Å². The highest BCUT2D eigenvalue weighted by Gasteiger charge is 2.36. The number of nitrogens with zero attached hydrogens (tertiary/aromatic N) is 1. The maximum atomic E-state index is 12.7. The van der Waals surface area contributed by atoms with Gasteiger partial charge in [-0.1, -0.05) is 6.42 Å². The first kappa shape index (κ1) is 10.6. The second-order valence-corrected chi connectivity index (χ2v) is 4.14. The molecule has 1 aliphatic rings. The molecular weight excluding hydrogens is 203 g/mol. The van der Waals surface area contributed by atoms with Gasteiger partial charge in [0.2, 0.25) is 0 Å². The van der Waals surface area contributed by atoms with Gasteiger partial charge in [0, 0.05) is 18.9 Å². The topological polar surface area (TPSA) is 4.93 Å². The molecule has 1 aromatic rings. The average Bonchev–Trinajstić information content (AvgIpc) is 2.37. The fraction of sp³-hybridized carbons (Fsp3) is 0.636. The third-order valence-corrected chi connectivity index (χ3v) is 3.07. The van der Waals surface area contributed by atoms with E-state index in [1.807, 2.05) is 0 Å². The van der Waals surface area contributed by atoms with E-state index in [9.17, 15) is 13.2 Å². The van der Waals surface area contributed by atoms with Crippen molar-refractivity contribution < 1.29 is 13.2 Å². The largest absolute Gasteiger partial charge is 0.418 e. The summed E-state index contributed by atoms with van der Waals surface area (Å²) in [6.45, 7) is 0. The van der Waals surface area contributed by atoms with Crippen molar-refractivity contribution in [1.82, 2.24) is 4.57 Å². The minimum atomic E-state index is -4.20. The van der Waals surface area contributed by atoms with E-state index in [2.05, 4.69) is 0 Å². The summed E-state index contributed by atoms with van der Waals surface area (Å²) in [7, 11) is 1.71. The number of rotatable bonds is 0. The third-order valence-electron chi connectivity index (χ3n) is 3.07. The monoisotopic (exact) mass is 217 g/mol. The molecule has 1 aromatic heterocycles. The summed E-state index contributed by atoms with van der Waals surface area (Å²) in [6, 6.07) is 0. The van der Waals surface area contributed by atoms with Crippen molar-refractivity contribution in [2.24, 2.45) is 7.05 Å². The number of aromatic nitrogens is 1. The van der Waals surface area contributed by atoms with Crippen LogP contribution in [-0.2, 0) is 26.1 Å². The molecule has 15 heavy (non-hydrogen) atoms. The first-order valence-corrected chi connectivity index (χ1v) is 5.24. The molecule has 1 aliphatic carbocycles. The van der Waals surface area contributed by atoms with Crippen LogP contribution in [0.15, 0.2) is 6.20 Å². The number of alkyl halides is 3. The quantitative estimate of drug-likeness (QED) is 0.587. The molecule has 0 atom stereocenters. The molecule has 0 fully saturated rings. The minimum absolute atomic E-state index is 0.429. The average molecular weight is 217 g/mol. The lowest BCUT2D eigenvalue weighted by Crippen LogP contribution is -2.07. The maximum Gasteiger partial charge on any atom is 0.418 e. The van der Waals surface area contributed by atoms with Gasteiger partial charge < -0.3 is 4.57 Å². The lowest BCUT2D eigenvalue weighted by atomic mass is 10.1. The fourth-order valence-electron chi connectivity index (χ4n) is 2.34. The second-order valence-electron chi connectivity index (χ2n) is 4.14. The fourth-order valence-corrected chi connectivity index (χ4v) is 2.34. The van der Waals surface area contributed by atoms with Crippen LogP contribution in [0, 0.1) is 0 Å². The molecule has 2 rings (SSSR count). The zero-order valence-corrected chi connectivity index (χ0v) is 8.69. The summed E-state index contributed by atoms with van der Waals surface area (Å²) in [5.41, 5.74) is 0.976. The van der Waals surface area contributed by atoms with Gasteiger partial charge >= 0.3 is 6.18 Å². The molecule has 0 saturated carbocycles. The van der Waals surface area contributed by atoms with E-state index in [-0.39, 0.29) is 0 Å². The smallest absolute Gasteiger partial charge is 0.354 e. The zero-order valence-electron chi connectivity index (χ0n) is 8.69. The van der Waals surface area contributed by atoms with Crippen LogP contribution in [0.4, 0.5) is 13.2 Å². The molecule has 1 nitrogen and oxygen atoms in total. The molecular formula is C11H14F3N. The molecule has 0 saturated heterocycles. The Bertz CT molecular complexity index is 363. The predicted molar refractivity (Wildman–Crippen MR) is 51.7 cm³/mol. The van der Waals surface area contributed by atoms with Gasteiger partial charge in [-0.3, -0.25) is 0 Å². The summed E-state index contributed by atoms with van der Waals surface area (Å²) in [6.07, 6.45) is 1.30. The van der Waals surface area contributed by atoms with Gasteiger partial charge in [-0.15, -0.1) is 0 Å². The van der Waals surface area contributed by atoms with Crippen molar-refractivity contribution >= 4 is 0 Å². The maximum absolute atomic E-state index is 12.7. The Kier molecular flexibility index (Phi) is 2.52. The molecule has 0 unspecified atom stereocenters. The molecule has 0 spiro atoms. The lowest BCUT2D eigenvalue weighted by molar-refractivity contribution is -0.138. The van der Waals surface area contributed by atoms with E-state index in [0.717, 1.165) is 31.4 Å². The van der Waals surface area contributed by atoms with Crippen LogP contribution < -0.4 is 0 Å². The molecule has 0 N–H and O–H groups in total. The van der Waals surface area contributed by atoms with E-state index in [0.29, 0.717) is 12.0 Å².